The van der Waals surface area contributed by atoms with E-state index in [9.17, 15) is 8.78 Å². The van der Waals surface area contributed by atoms with E-state index in [0.29, 0.717) is 30.2 Å². The molecule has 1 N–H and O–H groups in total. The summed E-state index contributed by atoms with van der Waals surface area (Å²) >= 11 is 0. The van der Waals surface area contributed by atoms with Crippen molar-refractivity contribution in [3.05, 3.63) is 34.9 Å². The highest BCUT2D eigenvalue weighted by Crippen LogP contribution is 2.20. The second-order valence-corrected chi connectivity index (χ2v) is 5.59. The monoisotopic (exact) mass is 285 g/mol. The van der Waals surface area contributed by atoms with Gasteiger partial charge in [0.05, 0.1) is 6.61 Å². The summed E-state index contributed by atoms with van der Waals surface area (Å²) in [6.07, 6.45) is 1.04. The van der Waals surface area contributed by atoms with Crippen LogP contribution in [-0.2, 0) is 4.74 Å². The van der Waals surface area contributed by atoms with Crippen molar-refractivity contribution in [2.75, 3.05) is 19.8 Å². The van der Waals surface area contributed by atoms with Gasteiger partial charge >= 0.3 is 0 Å². The first-order valence-corrected chi connectivity index (χ1v) is 7.18. The Morgan fingerprint density at radius 3 is 2.45 bits per heavy atom. The Kier molecular flexibility index (Phi) is 7.10. The molecule has 1 rings (SSSR count). The van der Waals surface area contributed by atoms with Crippen LogP contribution in [0.1, 0.15) is 44.4 Å². The van der Waals surface area contributed by atoms with E-state index in [1.807, 2.05) is 6.92 Å². The molecule has 114 valence electrons. The molecular weight excluding hydrogens is 260 g/mol. The molecular formula is C16H25F2NO. The van der Waals surface area contributed by atoms with Gasteiger partial charge in [0.15, 0.2) is 0 Å². The summed E-state index contributed by atoms with van der Waals surface area (Å²) in [5.74, 6) is -0.112. The summed E-state index contributed by atoms with van der Waals surface area (Å²) in [6, 6.07) is 2.27. The molecule has 0 heterocycles. The van der Waals surface area contributed by atoms with E-state index in [-0.39, 0.29) is 17.7 Å². The van der Waals surface area contributed by atoms with E-state index >= 15 is 0 Å². The highest BCUT2D eigenvalue weighted by atomic mass is 19.1. The Balaban J connectivity index is 2.36. The second kappa shape index (κ2) is 8.32. The second-order valence-electron chi connectivity index (χ2n) is 5.59. The molecule has 1 atom stereocenters. The maximum atomic E-state index is 13.8. The Morgan fingerprint density at radius 2 is 1.80 bits per heavy atom. The zero-order valence-electron chi connectivity index (χ0n) is 12.8. The number of benzene rings is 1. The molecule has 1 aromatic rings. The molecule has 1 unspecified atom stereocenters. The molecule has 0 aliphatic heterocycles. The molecule has 4 heteroatoms. The molecule has 0 aliphatic rings. The highest BCUT2D eigenvalue weighted by Gasteiger charge is 2.13. The summed E-state index contributed by atoms with van der Waals surface area (Å²) < 4.78 is 32.7. The van der Waals surface area contributed by atoms with Crippen LogP contribution in [0.15, 0.2) is 12.1 Å². The minimum Gasteiger partial charge on any atom is -0.380 e. The smallest absolute Gasteiger partial charge is 0.128 e. The van der Waals surface area contributed by atoms with Gasteiger partial charge in [-0.3, -0.25) is 0 Å². The quantitative estimate of drug-likeness (QED) is 0.729. The van der Waals surface area contributed by atoms with Crippen LogP contribution in [0.5, 0.6) is 0 Å². The van der Waals surface area contributed by atoms with Crippen LogP contribution in [0.4, 0.5) is 8.78 Å². The van der Waals surface area contributed by atoms with E-state index < -0.39 is 0 Å². The molecule has 0 radical (unpaired) electrons. The predicted octanol–water partition coefficient (Wildman–Crippen LogP) is 3.99. The van der Waals surface area contributed by atoms with Crippen LogP contribution in [0.3, 0.4) is 0 Å². The third-order valence-corrected chi connectivity index (χ3v) is 3.28. The highest BCUT2D eigenvalue weighted by molar-refractivity contribution is 5.27. The maximum absolute atomic E-state index is 13.8. The first-order chi connectivity index (χ1) is 9.41. The third kappa shape index (κ3) is 5.55. The third-order valence-electron chi connectivity index (χ3n) is 3.28. The number of ether oxygens (including phenoxy) is 1. The van der Waals surface area contributed by atoms with Gasteiger partial charge in [0.1, 0.15) is 11.6 Å². The van der Waals surface area contributed by atoms with Crippen LogP contribution in [0.2, 0.25) is 0 Å². The van der Waals surface area contributed by atoms with Crippen LogP contribution in [0, 0.1) is 24.5 Å². The van der Waals surface area contributed by atoms with Crippen molar-refractivity contribution in [1.82, 2.24) is 5.32 Å². The molecule has 0 bridgehead atoms. The average molecular weight is 285 g/mol. The van der Waals surface area contributed by atoms with Gasteiger partial charge in [-0.1, -0.05) is 13.8 Å². The molecule has 1 aromatic carbocycles. The standard InChI is InChI=1S/C16H25F2NO/c1-11(2)5-7-20-8-6-19-13(4)14-10-15(17)12(3)9-16(14)18/h9-11,13,19H,5-8H2,1-4H3. The summed E-state index contributed by atoms with van der Waals surface area (Å²) in [7, 11) is 0. The Morgan fingerprint density at radius 1 is 1.10 bits per heavy atom. The van der Waals surface area contributed by atoms with Crippen molar-refractivity contribution in [2.24, 2.45) is 5.92 Å². The number of halogens is 2. The topological polar surface area (TPSA) is 21.3 Å². The van der Waals surface area contributed by atoms with Gasteiger partial charge in [-0.15, -0.1) is 0 Å². The number of aryl methyl sites for hydroxylation is 1. The van der Waals surface area contributed by atoms with E-state index in [1.54, 1.807) is 6.92 Å². The first kappa shape index (κ1) is 17.1. The zero-order valence-corrected chi connectivity index (χ0v) is 12.8. The molecule has 0 saturated carbocycles. The first-order valence-electron chi connectivity index (χ1n) is 7.18. The average Bonchev–Trinajstić information content (AvgIpc) is 2.37. The van der Waals surface area contributed by atoms with E-state index in [0.717, 1.165) is 13.0 Å². The fourth-order valence-electron chi connectivity index (χ4n) is 1.87. The maximum Gasteiger partial charge on any atom is 0.128 e. The summed E-state index contributed by atoms with van der Waals surface area (Å²) in [6.45, 7) is 9.61. The van der Waals surface area contributed by atoms with Crippen LogP contribution in [-0.4, -0.2) is 19.8 Å². The Bertz CT molecular complexity index is 421. The summed E-state index contributed by atoms with van der Waals surface area (Å²) in [5.41, 5.74) is 0.686. The minimum atomic E-state index is -0.372. The van der Waals surface area contributed by atoms with Gasteiger partial charge < -0.3 is 10.1 Å². The zero-order chi connectivity index (χ0) is 15.1. The fraction of sp³-hybridized carbons (Fsp3) is 0.625. The van der Waals surface area contributed by atoms with E-state index in [1.165, 1.54) is 12.1 Å². The lowest BCUT2D eigenvalue weighted by molar-refractivity contribution is 0.123. The summed E-state index contributed by atoms with van der Waals surface area (Å²) in [4.78, 5) is 0. The van der Waals surface area contributed by atoms with Crippen molar-refractivity contribution < 1.29 is 13.5 Å². The molecule has 0 aliphatic carbocycles. The van der Waals surface area contributed by atoms with Gasteiger partial charge in [0.25, 0.3) is 0 Å². The van der Waals surface area contributed by atoms with Crippen LogP contribution in [0.25, 0.3) is 0 Å². The van der Waals surface area contributed by atoms with Crippen LogP contribution >= 0.6 is 0 Å². The van der Waals surface area contributed by atoms with Gasteiger partial charge in [-0.05, 0) is 43.9 Å². The normalized spacial score (nSPS) is 12.9. The van der Waals surface area contributed by atoms with Gasteiger partial charge in [0.2, 0.25) is 0 Å². The van der Waals surface area contributed by atoms with Crippen LogP contribution < -0.4 is 5.32 Å². The molecule has 0 spiro atoms. The lowest BCUT2D eigenvalue weighted by atomic mass is 10.1. The van der Waals surface area contributed by atoms with Gasteiger partial charge in [-0.25, -0.2) is 8.78 Å². The SMILES string of the molecule is Cc1cc(F)c(C(C)NCCOCCC(C)C)cc1F. The van der Waals surface area contributed by atoms with Gasteiger partial charge in [0, 0.05) is 24.8 Å². The predicted molar refractivity (Wildman–Crippen MR) is 77.8 cm³/mol. The van der Waals surface area contributed by atoms with E-state index in [4.69, 9.17) is 4.74 Å². The molecule has 20 heavy (non-hydrogen) atoms. The molecule has 0 fully saturated rings. The van der Waals surface area contributed by atoms with Crippen molar-refractivity contribution >= 4 is 0 Å². The van der Waals surface area contributed by atoms with E-state index in [2.05, 4.69) is 19.2 Å². The number of hydrogen-bond acceptors (Lipinski definition) is 2. The fourth-order valence-corrected chi connectivity index (χ4v) is 1.87. The number of nitrogens with one attached hydrogen (secondary N) is 1. The molecule has 0 saturated heterocycles. The molecule has 0 amide bonds. The van der Waals surface area contributed by atoms with Crippen molar-refractivity contribution in [1.29, 1.82) is 0 Å². The Labute approximate surface area is 120 Å². The lowest BCUT2D eigenvalue weighted by Crippen LogP contribution is -2.24. The molecule has 0 aromatic heterocycles. The molecule has 2 nitrogen and oxygen atoms in total. The number of hydrogen-bond donors (Lipinski definition) is 1. The van der Waals surface area contributed by atoms with Crippen molar-refractivity contribution in [3.8, 4) is 0 Å². The largest absolute Gasteiger partial charge is 0.380 e. The van der Waals surface area contributed by atoms with Gasteiger partial charge in [-0.2, -0.15) is 0 Å². The van der Waals surface area contributed by atoms with Crippen molar-refractivity contribution in [3.63, 3.8) is 0 Å². The lowest BCUT2D eigenvalue weighted by Gasteiger charge is -2.16. The number of rotatable bonds is 8. The minimum absolute atomic E-state index is 0.237. The van der Waals surface area contributed by atoms with Crippen molar-refractivity contribution in [2.45, 2.75) is 40.2 Å². The Hall–Kier alpha value is -1.00. The summed E-state index contributed by atoms with van der Waals surface area (Å²) in [5, 5.41) is 3.14.